The number of carbonyl (C=O) groups excluding carboxylic acids is 3. The Labute approximate surface area is 125 Å². The predicted molar refractivity (Wildman–Crippen MR) is 74.1 cm³/mol. The highest BCUT2D eigenvalue weighted by molar-refractivity contribution is 5.89. The lowest BCUT2D eigenvalue weighted by Crippen LogP contribution is -2.46. The van der Waals surface area contributed by atoms with Crippen LogP contribution in [0.2, 0.25) is 0 Å². The number of nitrogens with one attached hydrogen (secondary N) is 3. The van der Waals surface area contributed by atoms with Crippen molar-refractivity contribution in [2.45, 2.75) is 38.7 Å². The monoisotopic (exact) mass is 304 g/mol. The molecule has 0 bridgehead atoms. The molecule has 0 radical (unpaired) electrons. The second-order valence-electron chi connectivity index (χ2n) is 4.31. The third kappa shape index (κ3) is 9.38. The maximum atomic E-state index is 11.8. The summed E-state index contributed by atoms with van der Waals surface area (Å²) in [4.78, 5) is 44.9. The molecule has 0 fully saturated rings. The molecular weight excluding hydrogens is 280 g/mol. The molecule has 3 amide bonds. The van der Waals surface area contributed by atoms with Gasteiger partial charge in [-0.3, -0.25) is 19.2 Å². The maximum absolute atomic E-state index is 11.8. The third-order valence-electron chi connectivity index (χ3n) is 2.28. The van der Waals surface area contributed by atoms with Crippen molar-refractivity contribution < 1.29 is 27.0 Å². The highest BCUT2D eigenvalue weighted by Crippen LogP contribution is 1.91. The molecule has 0 spiro atoms. The molecule has 0 aromatic heterocycles. The number of amides is 3. The van der Waals surface area contributed by atoms with Crippen LogP contribution in [0.3, 0.4) is 0 Å². The van der Waals surface area contributed by atoms with Crippen LogP contribution in [0.25, 0.3) is 0 Å². The van der Waals surface area contributed by atoms with Crippen molar-refractivity contribution in [3.63, 3.8) is 0 Å². The maximum Gasteiger partial charge on any atom is 0.322 e. The van der Waals surface area contributed by atoms with Crippen molar-refractivity contribution in [3.8, 4) is 0 Å². The Morgan fingerprint density at radius 2 is 1.81 bits per heavy atom. The SMILES string of the molecule is [2H]C([2H])(CCNC(=O)[C@H](C)N)C(=O)N[C@@H](C)C(=O)NCC(=O)O. The minimum absolute atomic E-state index is 0.0968. The van der Waals surface area contributed by atoms with Gasteiger partial charge >= 0.3 is 5.97 Å². The quantitative estimate of drug-likeness (QED) is 0.330. The predicted octanol–water partition coefficient (Wildman–Crippen LogP) is -2.06. The minimum atomic E-state index is -2.31. The molecule has 21 heavy (non-hydrogen) atoms. The highest BCUT2D eigenvalue weighted by Gasteiger charge is 2.15. The van der Waals surface area contributed by atoms with Crippen molar-refractivity contribution in [2.75, 3.05) is 13.1 Å². The normalized spacial score (nSPS) is 15.0. The average molecular weight is 304 g/mol. The van der Waals surface area contributed by atoms with Gasteiger partial charge in [0.25, 0.3) is 0 Å². The van der Waals surface area contributed by atoms with Crippen LogP contribution in [0.4, 0.5) is 0 Å². The Balaban J connectivity index is 4.37. The first-order chi connectivity index (χ1) is 10.5. The summed E-state index contributed by atoms with van der Waals surface area (Å²) in [5, 5.41) is 15.0. The highest BCUT2D eigenvalue weighted by atomic mass is 16.4. The van der Waals surface area contributed by atoms with Crippen LogP contribution in [-0.2, 0) is 19.2 Å². The van der Waals surface area contributed by atoms with Crippen molar-refractivity contribution in [1.82, 2.24) is 16.0 Å². The average Bonchev–Trinajstić information content (AvgIpc) is 2.43. The van der Waals surface area contributed by atoms with Crippen molar-refractivity contribution in [1.29, 1.82) is 0 Å². The summed E-state index contributed by atoms with van der Waals surface area (Å²) in [7, 11) is 0. The van der Waals surface area contributed by atoms with Crippen LogP contribution < -0.4 is 21.7 Å². The number of nitrogens with two attached hydrogens (primary N) is 1. The third-order valence-corrected chi connectivity index (χ3v) is 2.28. The van der Waals surface area contributed by atoms with Crippen molar-refractivity contribution in [3.05, 3.63) is 0 Å². The van der Waals surface area contributed by atoms with Gasteiger partial charge in [0.1, 0.15) is 12.6 Å². The first-order valence-electron chi connectivity index (χ1n) is 7.31. The van der Waals surface area contributed by atoms with Crippen LogP contribution in [0, 0.1) is 0 Å². The van der Waals surface area contributed by atoms with Gasteiger partial charge in [-0.05, 0) is 20.3 Å². The number of rotatable bonds is 9. The van der Waals surface area contributed by atoms with Gasteiger partial charge in [0, 0.05) is 15.7 Å². The summed E-state index contributed by atoms with van der Waals surface area (Å²) >= 11 is 0. The smallest absolute Gasteiger partial charge is 0.322 e. The summed E-state index contributed by atoms with van der Waals surface area (Å²) in [6.07, 6.45) is -2.62. The molecule has 0 heterocycles. The number of carboxylic acids is 1. The standard InChI is InChI=1S/C12H22N4O5/c1-7(13)11(20)14-5-3-4-9(17)16-8(2)12(21)15-6-10(18)19/h7-8H,3-6,13H2,1-2H3,(H,14,20)(H,15,21)(H,16,17)(H,18,19)/t7-,8-/m0/s1/i4D2. The number of aliphatic carboxylic acids is 1. The van der Waals surface area contributed by atoms with E-state index < -0.39 is 48.7 Å². The summed E-state index contributed by atoms with van der Waals surface area (Å²) in [6, 6.07) is -1.84. The molecular formula is C12H22N4O5. The van der Waals surface area contributed by atoms with E-state index in [9.17, 15) is 19.2 Å². The lowest BCUT2D eigenvalue weighted by Gasteiger charge is -2.13. The lowest BCUT2D eigenvalue weighted by molar-refractivity contribution is -0.138. The Morgan fingerprint density at radius 3 is 2.33 bits per heavy atom. The van der Waals surface area contributed by atoms with E-state index in [1.807, 2.05) is 0 Å². The zero-order chi connectivity index (χ0) is 18.2. The van der Waals surface area contributed by atoms with Gasteiger partial charge in [-0.2, -0.15) is 0 Å². The Hall–Kier alpha value is -2.16. The first kappa shape index (κ1) is 15.2. The Bertz CT molecular complexity index is 470. The fourth-order valence-corrected chi connectivity index (χ4v) is 1.15. The van der Waals surface area contributed by atoms with Gasteiger partial charge in [0.15, 0.2) is 0 Å². The molecule has 120 valence electrons. The van der Waals surface area contributed by atoms with Gasteiger partial charge in [0.2, 0.25) is 17.7 Å². The zero-order valence-corrected chi connectivity index (χ0v) is 11.9. The van der Waals surface area contributed by atoms with Crippen LogP contribution >= 0.6 is 0 Å². The summed E-state index contributed by atoms with van der Waals surface area (Å²) in [5.41, 5.74) is 5.32. The zero-order valence-electron chi connectivity index (χ0n) is 13.9. The van der Waals surface area contributed by atoms with Crippen LogP contribution in [0.1, 0.15) is 29.4 Å². The Kier molecular flexibility index (Phi) is 7.03. The number of hydrogen-bond acceptors (Lipinski definition) is 5. The fraction of sp³-hybridized carbons (Fsp3) is 0.667. The summed E-state index contributed by atoms with van der Waals surface area (Å²) < 4.78 is 15.3. The molecule has 0 unspecified atom stereocenters. The fourth-order valence-electron chi connectivity index (χ4n) is 1.15. The van der Waals surface area contributed by atoms with E-state index in [-0.39, 0.29) is 13.0 Å². The minimum Gasteiger partial charge on any atom is -0.480 e. The molecule has 0 rings (SSSR count). The molecule has 0 aromatic carbocycles. The topological polar surface area (TPSA) is 151 Å². The van der Waals surface area contributed by atoms with Crippen molar-refractivity contribution >= 4 is 23.7 Å². The molecule has 0 saturated heterocycles. The van der Waals surface area contributed by atoms with Gasteiger partial charge in [0.05, 0.1) is 6.04 Å². The van der Waals surface area contributed by atoms with Crippen LogP contribution in [0.15, 0.2) is 0 Å². The number of carbonyl (C=O) groups is 4. The second kappa shape index (κ2) is 9.70. The molecule has 0 aromatic rings. The van der Waals surface area contributed by atoms with Crippen molar-refractivity contribution in [2.24, 2.45) is 5.73 Å². The van der Waals surface area contributed by atoms with E-state index in [4.69, 9.17) is 13.6 Å². The van der Waals surface area contributed by atoms with E-state index >= 15 is 0 Å². The van der Waals surface area contributed by atoms with E-state index in [2.05, 4.69) is 16.0 Å². The molecule has 9 heteroatoms. The summed E-state index contributed by atoms with van der Waals surface area (Å²) in [6.45, 7) is 2.06. The summed E-state index contributed by atoms with van der Waals surface area (Å²) in [5.74, 6) is -3.49. The van der Waals surface area contributed by atoms with Gasteiger partial charge in [-0.25, -0.2) is 0 Å². The largest absolute Gasteiger partial charge is 0.480 e. The second-order valence-corrected chi connectivity index (χ2v) is 4.31. The lowest BCUT2D eigenvalue weighted by atomic mass is 10.2. The molecule has 0 aliphatic heterocycles. The van der Waals surface area contributed by atoms with E-state index in [1.165, 1.54) is 13.8 Å². The molecule has 9 nitrogen and oxygen atoms in total. The van der Waals surface area contributed by atoms with Gasteiger partial charge in [-0.1, -0.05) is 0 Å². The van der Waals surface area contributed by atoms with Crippen LogP contribution in [-0.4, -0.2) is 54.0 Å². The number of hydrogen-bond donors (Lipinski definition) is 5. The Morgan fingerprint density at radius 1 is 1.19 bits per heavy atom. The van der Waals surface area contributed by atoms with Gasteiger partial charge < -0.3 is 26.8 Å². The molecule has 2 atom stereocenters. The first-order valence-corrected chi connectivity index (χ1v) is 6.31. The van der Waals surface area contributed by atoms with E-state index in [0.717, 1.165) is 0 Å². The van der Waals surface area contributed by atoms with Crippen LogP contribution in [0.5, 0.6) is 0 Å². The molecule has 6 N–H and O–H groups in total. The molecule has 0 aliphatic carbocycles. The van der Waals surface area contributed by atoms with E-state index in [1.54, 1.807) is 0 Å². The van der Waals surface area contributed by atoms with Gasteiger partial charge in [-0.15, -0.1) is 0 Å². The molecule has 0 saturated carbocycles. The molecule has 0 aliphatic rings. The number of carboxylic acid groups (broad SMARTS) is 1. The van der Waals surface area contributed by atoms with E-state index in [0.29, 0.717) is 0 Å².